The molecule has 6 heteroatoms. The van der Waals surface area contributed by atoms with E-state index in [9.17, 15) is 4.79 Å². The molecule has 6 nitrogen and oxygen atoms in total. The van der Waals surface area contributed by atoms with E-state index in [1.807, 2.05) is 0 Å². The molecule has 0 spiro atoms. The molecule has 1 fully saturated rings. The van der Waals surface area contributed by atoms with E-state index in [2.05, 4.69) is 44.5 Å². The van der Waals surface area contributed by atoms with Gasteiger partial charge in [0.1, 0.15) is 5.82 Å². The molecular weight excluding hydrogens is 292 g/mol. The van der Waals surface area contributed by atoms with Gasteiger partial charge in [-0.15, -0.1) is 0 Å². The Balaban J connectivity index is 1.58. The SMILES string of the molecule is O=C(O)c1cnc(NCc2cccc(CN3CCCC3)c2)cn1. The Kier molecular flexibility index (Phi) is 4.83. The fraction of sp³-hybridized carbons (Fsp3) is 0.353. The van der Waals surface area contributed by atoms with E-state index in [1.165, 1.54) is 49.5 Å². The van der Waals surface area contributed by atoms with Gasteiger partial charge in [0.25, 0.3) is 0 Å². The predicted octanol–water partition coefficient (Wildman–Crippen LogP) is 2.38. The second kappa shape index (κ2) is 7.19. The minimum Gasteiger partial charge on any atom is -0.476 e. The summed E-state index contributed by atoms with van der Waals surface area (Å²) >= 11 is 0. The van der Waals surface area contributed by atoms with Crippen molar-refractivity contribution in [3.63, 3.8) is 0 Å². The topological polar surface area (TPSA) is 78.3 Å². The van der Waals surface area contributed by atoms with Crippen LogP contribution in [0.3, 0.4) is 0 Å². The highest BCUT2D eigenvalue weighted by atomic mass is 16.4. The van der Waals surface area contributed by atoms with Gasteiger partial charge in [0.2, 0.25) is 0 Å². The molecule has 1 aromatic carbocycles. The number of carbonyl (C=O) groups is 1. The first-order valence-electron chi connectivity index (χ1n) is 7.80. The van der Waals surface area contributed by atoms with Crippen LogP contribution in [-0.4, -0.2) is 39.0 Å². The molecule has 1 aromatic heterocycles. The largest absolute Gasteiger partial charge is 0.476 e. The molecule has 1 aliphatic rings. The number of anilines is 1. The van der Waals surface area contributed by atoms with Crippen LogP contribution in [0.25, 0.3) is 0 Å². The Hall–Kier alpha value is -2.47. The number of hydrogen-bond donors (Lipinski definition) is 2. The minimum atomic E-state index is -1.07. The lowest BCUT2D eigenvalue weighted by atomic mass is 10.1. The van der Waals surface area contributed by atoms with Crippen molar-refractivity contribution in [2.45, 2.75) is 25.9 Å². The molecule has 0 radical (unpaired) electrons. The Morgan fingerprint density at radius 2 is 1.96 bits per heavy atom. The summed E-state index contributed by atoms with van der Waals surface area (Å²) in [7, 11) is 0. The highest BCUT2D eigenvalue weighted by Gasteiger charge is 2.11. The third kappa shape index (κ3) is 4.26. The summed E-state index contributed by atoms with van der Waals surface area (Å²) in [4.78, 5) is 21.1. The van der Waals surface area contributed by atoms with E-state index in [0.29, 0.717) is 12.4 Å². The van der Waals surface area contributed by atoms with Crippen molar-refractivity contribution in [3.05, 3.63) is 53.5 Å². The van der Waals surface area contributed by atoms with Crippen molar-refractivity contribution in [1.29, 1.82) is 0 Å². The van der Waals surface area contributed by atoms with Crippen LogP contribution in [-0.2, 0) is 13.1 Å². The average molecular weight is 312 g/mol. The lowest BCUT2D eigenvalue weighted by Gasteiger charge is -2.15. The number of carboxylic acids is 1. The monoisotopic (exact) mass is 312 g/mol. The second-order valence-electron chi connectivity index (χ2n) is 5.75. The molecule has 1 aliphatic heterocycles. The number of carboxylic acid groups (broad SMARTS) is 1. The molecule has 120 valence electrons. The summed E-state index contributed by atoms with van der Waals surface area (Å²) < 4.78 is 0. The van der Waals surface area contributed by atoms with Crippen molar-refractivity contribution >= 4 is 11.8 Å². The Bertz CT molecular complexity index is 667. The molecule has 0 bridgehead atoms. The van der Waals surface area contributed by atoms with Gasteiger partial charge in [-0.25, -0.2) is 14.8 Å². The minimum absolute atomic E-state index is 0.0526. The number of nitrogens with one attached hydrogen (secondary N) is 1. The van der Waals surface area contributed by atoms with Gasteiger partial charge >= 0.3 is 5.97 Å². The van der Waals surface area contributed by atoms with Crippen molar-refractivity contribution in [2.24, 2.45) is 0 Å². The Labute approximate surface area is 135 Å². The highest BCUT2D eigenvalue weighted by Crippen LogP contribution is 2.14. The quantitative estimate of drug-likeness (QED) is 0.852. The summed E-state index contributed by atoms with van der Waals surface area (Å²) in [6.07, 6.45) is 5.30. The van der Waals surface area contributed by atoms with Crippen LogP contribution in [0, 0.1) is 0 Å². The van der Waals surface area contributed by atoms with Gasteiger partial charge in [-0.1, -0.05) is 24.3 Å². The fourth-order valence-corrected chi connectivity index (χ4v) is 2.76. The zero-order valence-corrected chi connectivity index (χ0v) is 12.9. The van der Waals surface area contributed by atoms with Crippen LogP contribution in [0.2, 0.25) is 0 Å². The van der Waals surface area contributed by atoms with E-state index >= 15 is 0 Å². The van der Waals surface area contributed by atoms with Crippen LogP contribution >= 0.6 is 0 Å². The maximum Gasteiger partial charge on any atom is 0.356 e. The summed E-state index contributed by atoms with van der Waals surface area (Å²) in [6, 6.07) is 8.49. The smallest absolute Gasteiger partial charge is 0.356 e. The average Bonchev–Trinajstić information content (AvgIpc) is 3.07. The van der Waals surface area contributed by atoms with Crippen molar-refractivity contribution in [1.82, 2.24) is 14.9 Å². The Morgan fingerprint density at radius 1 is 1.17 bits per heavy atom. The van der Waals surface area contributed by atoms with Gasteiger partial charge < -0.3 is 10.4 Å². The normalized spacial score (nSPS) is 14.8. The first-order valence-corrected chi connectivity index (χ1v) is 7.80. The molecule has 0 atom stereocenters. The van der Waals surface area contributed by atoms with Crippen LogP contribution in [0.4, 0.5) is 5.82 Å². The van der Waals surface area contributed by atoms with Crippen LogP contribution in [0.15, 0.2) is 36.7 Å². The van der Waals surface area contributed by atoms with E-state index in [0.717, 1.165) is 6.54 Å². The predicted molar refractivity (Wildman–Crippen MR) is 87.3 cm³/mol. The number of aromatic carboxylic acids is 1. The molecule has 0 unspecified atom stereocenters. The molecule has 2 heterocycles. The molecule has 0 amide bonds. The number of aromatic nitrogens is 2. The summed E-state index contributed by atoms with van der Waals surface area (Å²) in [5.74, 6) is -0.501. The number of benzene rings is 1. The Morgan fingerprint density at radius 3 is 2.65 bits per heavy atom. The highest BCUT2D eigenvalue weighted by molar-refractivity contribution is 5.84. The van der Waals surface area contributed by atoms with Crippen LogP contribution in [0.5, 0.6) is 0 Å². The molecule has 3 rings (SSSR count). The van der Waals surface area contributed by atoms with Gasteiger partial charge in [0, 0.05) is 13.1 Å². The van der Waals surface area contributed by atoms with Crippen molar-refractivity contribution < 1.29 is 9.90 Å². The summed E-state index contributed by atoms with van der Waals surface area (Å²) in [6.45, 7) is 4.01. The molecule has 23 heavy (non-hydrogen) atoms. The van der Waals surface area contributed by atoms with E-state index in [-0.39, 0.29) is 5.69 Å². The van der Waals surface area contributed by atoms with Crippen molar-refractivity contribution in [2.75, 3.05) is 18.4 Å². The molecule has 0 saturated carbocycles. The molecule has 0 aliphatic carbocycles. The van der Waals surface area contributed by atoms with Crippen molar-refractivity contribution in [3.8, 4) is 0 Å². The van der Waals surface area contributed by atoms with E-state index in [1.54, 1.807) is 0 Å². The third-order valence-corrected chi connectivity index (χ3v) is 3.94. The van der Waals surface area contributed by atoms with Crippen LogP contribution < -0.4 is 5.32 Å². The maximum atomic E-state index is 10.7. The van der Waals surface area contributed by atoms with E-state index < -0.39 is 5.97 Å². The zero-order valence-electron chi connectivity index (χ0n) is 12.9. The number of likely N-dealkylation sites (tertiary alicyclic amines) is 1. The molecule has 1 saturated heterocycles. The standard InChI is InChI=1S/C17H20N4O2/c22-17(23)15-10-20-16(11-18-15)19-9-13-4-3-5-14(8-13)12-21-6-1-2-7-21/h3-5,8,10-11H,1-2,6-7,9,12H2,(H,19,20)(H,22,23). The molecule has 2 aromatic rings. The lowest BCUT2D eigenvalue weighted by molar-refractivity contribution is 0.0690. The first-order chi connectivity index (χ1) is 11.2. The number of rotatable bonds is 6. The summed E-state index contributed by atoms with van der Waals surface area (Å²) in [5.41, 5.74) is 2.44. The van der Waals surface area contributed by atoms with Gasteiger partial charge in [0.15, 0.2) is 5.69 Å². The molecule has 2 N–H and O–H groups in total. The summed E-state index contributed by atoms with van der Waals surface area (Å²) in [5, 5.41) is 12.0. The number of hydrogen-bond acceptors (Lipinski definition) is 5. The fourth-order valence-electron chi connectivity index (χ4n) is 2.76. The van der Waals surface area contributed by atoms with Gasteiger partial charge in [-0.2, -0.15) is 0 Å². The lowest BCUT2D eigenvalue weighted by Crippen LogP contribution is -2.18. The van der Waals surface area contributed by atoms with E-state index in [4.69, 9.17) is 5.11 Å². The second-order valence-corrected chi connectivity index (χ2v) is 5.75. The third-order valence-electron chi connectivity index (χ3n) is 3.94. The van der Waals surface area contributed by atoms with Gasteiger partial charge in [-0.3, -0.25) is 4.90 Å². The zero-order chi connectivity index (χ0) is 16.1. The van der Waals surface area contributed by atoms with Gasteiger partial charge in [0.05, 0.1) is 12.4 Å². The molecular formula is C17H20N4O2. The first kappa shape index (κ1) is 15.4. The number of nitrogens with zero attached hydrogens (tertiary/aromatic N) is 3. The van der Waals surface area contributed by atoms with Gasteiger partial charge in [-0.05, 0) is 37.1 Å². The van der Waals surface area contributed by atoms with Crippen LogP contribution in [0.1, 0.15) is 34.5 Å². The maximum absolute atomic E-state index is 10.7.